The summed E-state index contributed by atoms with van der Waals surface area (Å²) in [7, 11) is 0. The summed E-state index contributed by atoms with van der Waals surface area (Å²) in [6, 6.07) is 15.4. The highest BCUT2D eigenvalue weighted by Gasteiger charge is 2.20. The monoisotopic (exact) mass is 376 g/mol. The van der Waals surface area contributed by atoms with E-state index in [1.165, 1.54) is 18.2 Å². The van der Waals surface area contributed by atoms with E-state index in [9.17, 15) is 20.2 Å². The molecule has 3 aromatic rings. The third kappa shape index (κ3) is 3.59. The second-order valence-electron chi connectivity index (χ2n) is 6.10. The molecule has 0 aliphatic rings. The molecule has 0 atom stereocenters. The average molecular weight is 376 g/mol. The maximum Gasteiger partial charge on any atom is 0.338 e. The molecule has 8 nitrogen and oxygen atoms in total. The van der Waals surface area contributed by atoms with Crippen LogP contribution in [0.1, 0.15) is 32.9 Å². The fourth-order valence-corrected chi connectivity index (χ4v) is 2.79. The molecule has 0 saturated heterocycles. The van der Waals surface area contributed by atoms with Gasteiger partial charge in [-0.25, -0.2) is 9.48 Å². The Balaban J connectivity index is 1.89. The molecule has 0 saturated carbocycles. The summed E-state index contributed by atoms with van der Waals surface area (Å²) in [5.74, 6) is -0.717. The molecule has 0 aliphatic heterocycles. The number of hydrogen-bond acceptors (Lipinski definition) is 6. The molecule has 8 heteroatoms. The zero-order chi connectivity index (χ0) is 20.3. The number of carbonyl (C=O) groups excluding carboxylic acids is 1. The van der Waals surface area contributed by atoms with Gasteiger partial charge in [0.15, 0.2) is 0 Å². The van der Waals surface area contributed by atoms with Crippen molar-refractivity contribution in [1.82, 2.24) is 9.78 Å². The molecule has 28 heavy (non-hydrogen) atoms. The molecule has 0 spiro atoms. The number of aromatic nitrogens is 2. The highest BCUT2D eigenvalue weighted by atomic mass is 16.6. The predicted octanol–water partition coefficient (Wildman–Crippen LogP) is 3.63. The van der Waals surface area contributed by atoms with Gasteiger partial charge >= 0.3 is 5.97 Å². The Hall–Kier alpha value is -3.99. The molecule has 3 rings (SSSR count). The number of carbonyl (C=O) groups is 1. The minimum atomic E-state index is -0.717. The van der Waals surface area contributed by atoms with Crippen LogP contribution in [0.2, 0.25) is 0 Å². The molecular formula is C20H16N4O4. The lowest BCUT2D eigenvalue weighted by atomic mass is 10.1. The Morgan fingerprint density at radius 1 is 1.25 bits per heavy atom. The summed E-state index contributed by atoms with van der Waals surface area (Å²) in [6.07, 6.45) is 0. The first-order valence-electron chi connectivity index (χ1n) is 8.38. The van der Waals surface area contributed by atoms with Crippen LogP contribution in [0.4, 0.5) is 5.69 Å². The SMILES string of the molecule is Cc1ccc(C(=O)OCc2c(C#N)c(C)nn2-c2ccccc2)cc1[N+](=O)[O-]. The van der Waals surface area contributed by atoms with Crippen LogP contribution in [0.3, 0.4) is 0 Å². The normalized spacial score (nSPS) is 10.3. The lowest BCUT2D eigenvalue weighted by Crippen LogP contribution is -2.10. The van der Waals surface area contributed by atoms with E-state index in [2.05, 4.69) is 11.2 Å². The molecule has 1 aromatic heterocycles. The number of nitrogens with zero attached hydrogens (tertiary/aromatic N) is 4. The molecule has 140 valence electrons. The molecule has 2 aromatic carbocycles. The maximum atomic E-state index is 12.4. The van der Waals surface area contributed by atoms with Gasteiger partial charge in [-0.1, -0.05) is 24.3 Å². The summed E-state index contributed by atoms with van der Waals surface area (Å²) in [4.78, 5) is 22.9. The van der Waals surface area contributed by atoms with Gasteiger partial charge in [-0.2, -0.15) is 10.4 Å². The van der Waals surface area contributed by atoms with Crippen LogP contribution >= 0.6 is 0 Å². The molecule has 1 heterocycles. The summed E-state index contributed by atoms with van der Waals surface area (Å²) < 4.78 is 6.89. The number of esters is 1. The van der Waals surface area contributed by atoms with Crippen LogP contribution in [0, 0.1) is 35.3 Å². The van der Waals surface area contributed by atoms with Crippen LogP contribution in [0.5, 0.6) is 0 Å². The molecule has 0 aliphatic carbocycles. The van der Waals surface area contributed by atoms with E-state index in [1.54, 1.807) is 18.5 Å². The van der Waals surface area contributed by atoms with E-state index in [4.69, 9.17) is 4.74 Å². The van der Waals surface area contributed by atoms with Gasteiger partial charge in [0.2, 0.25) is 0 Å². The minimum Gasteiger partial charge on any atom is -0.456 e. The summed E-state index contributed by atoms with van der Waals surface area (Å²) in [5.41, 5.74) is 2.36. The van der Waals surface area contributed by atoms with Crippen molar-refractivity contribution < 1.29 is 14.5 Å². The third-order valence-corrected chi connectivity index (χ3v) is 4.25. The average Bonchev–Trinajstić information content (AvgIpc) is 3.02. The molecule has 0 unspecified atom stereocenters. The van der Waals surface area contributed by atoms with Crippen LogP contribution in [0.15, 0.2) is 48.5 Å². The van der Waals surface area contributed by atoms with Crippen molar-refractivity contribution in [1.29, 1.82) is 5.26 Å². The van der Waals surface area contributed by atoms with Gasteiger partial charge in [0.05, 0.1) is 27.6 Å². The summed E-state index contributed by atoms with van der Waals surface area (Å²) >= 11 is 0. The first-order chi connectivity index (χ1) is 13.4. The number of rotatable bonds is 5. The number of nitro groups is 1. The van der Waals surface area contributed by atoms with Crippen molar-refractivity contribution in [3.63, 3.8) is 0 Å². The Bertz CT molecular complexity index is 1100. The van der Waals surface area contributed by atoms with Crippen LogP contribution < -0.4 is 0 Å². The second-order valence-corrected chi connectivity index (χ2v) is 6.10. The third-order valence-electron chi connectivity index (χ3n) is 4.25. The molecule has 0 N–H and O–H groups in total. The molecule has 0 radical (unpaired) electrons. The standard InChI is InChI=1S/C20H16N4O4/c1-13-8-9-15(10-18(13)24(26)27)20(25)28-12-19-17(11-21)14(2)22-23(19)16-6-4-3-5-7-16/h3-10H,12H2,1-2H3. The van der Waals surface area contributed by atoms with E-state index in [0.717, 1.165) is 5.69 Å². The fraction of sp³-hybridized carbons (Fsp3) is 0.150. The lowest BCUT2D eigenvalue weighted by Gasteiger charge is -2.09. The van der Waals surface area contributed by atoms with E-state index >= 15 is 0 Å². The zero-order valence-corrected chi connectivity index (χ0v) is 15.2. The van der Waals surface area contributed by atoms with E-state index in [1.807, 2.05) is 30.3 Å². The van der Waals surface area contributed by atoms with Gasteiger partial charge < -0.3 is 4.74 Å². The first-order valence-corrected chi connectivity index (χ1v) is 8.38. The van der Waals surface area contributed by atoms with E-state index in [0.29, 0.717) is 22.5 Å². The molecule has 0 bridgehead atoms. The molecular weight excluding hydrogens is 360 g/mol. The van der Waals surface area contributed by atoms with Gasteiger partial charge in [0, 0.05) is 11.6 Å². The number of aryl methyl sites for hydroxylation is 2. The van der Waals surface area contributed by atoms with Gasteiger partial charge in [0.25, 0.3) is 5.69 Å². The van der Waals surface area contributed by atoms with Crippen LogP contribution in [0.25, 0.3) is 5.69 Å². The Morgan fingerprint density at radius 2 is 1.96 bits per heavy atom. The van der Waals surface area contributed by atoms with Crippen molar-refractivity contribution in [2.45, 2.75) is 20.5 Å². The van der Waals surface area contributed by atoms with Crippen molar-refractivity contribution >= 4 is 11.7 Å². The lowest BCUT2D eigenvalue weighted by molar-refractivity contribution is -0.385. The quantitative estimate of drug-likeness (QED) is 0.382. The molecule has 0 amide bonds. The number of hydrogen-bond donors (Lipinski definition) is 0. The zero-order valence-electron chi connectivity index (χ0n) is 15.2. The van der Waals surface area contributed by atoms with Crippen molar-refractivity contribution in [2.75, 3.05) is 0 Å². The fourth-order valence-electron chi connectivity index (χ4n) is 2.79. The van der Waals surface area contributed by atoms with E-state index in [-0.39, 0.29) is 17.9 Å². The van der Waals surface area contributed by atoms with Crippen molar-refractivity contribution in [3.8, 4) is 11.8 Å². The largest absolute Gasteiger partial charge is 0.456 e. The van der Waals surface area contributed by atoms with E-state index < -0.39 is 10.9 Å². The topological polar surface area (TPSA) is 111 Å². The Labute approximate surface area is 160 Å². The van der Waals surface area contributed by atoms with Crippen LogP contribution in [-0.4, -0.2) is 20.7 Å². The second kappa shape index (κ2) is 7.72. The highest BCUT2D eigenvalue weighted by molar-refractivity contribution is 5.90. The number of nitriles is 1. The smallest absolute Gasteiger partial charge is 0.338 e. The van der Waals surface area contributed by atoms with Gasteiger partial charge in [-0.3, -0.25) is 10.1 Å². The maximum absolute atomic E-state index is 12.4. The summed E-state index contributed by atoms with van der Waals surface area (Å²) in [5, 5.41) is 24.9. The number of para-hydroxylation sites is 1. The highest BCUT2D eigenvalue weighted by Crippen LogP contribution is 2.22. The number of ether oxygens (including phenoxy) is 1. The number of benzene rings is 2. The van der Waals surface area contributed by atoms with Gasteiger partial charge in [0.1, 0.15) is 18.2 Å². The number of nitro benzene ring substituents is 1. The Morgan fingerprint density at radius 3 is 2.61 bits per heavy atom. The Kier molecular flexibility index (Phi) is 5.18. The van der Waals surface area contributed by atoms with Crippen LogP contribution in [-0.2, 0) is 11.3 Å². The first kappa shape index (κ1) is 18.8. The molecule has 0 fully saturated rings. The van der Waals surface area contributed by atoms with Crippen molar-refractivity contribution in [3.05, 3.63) is 86.7 Å². The summed E-state index contributed by atoms with van der Waals surface area (Å²) in [6.45, 7) is 3.10. The van der Waals surface area contributed by atoms with Gasteiger partial charge in [-0.15, -0.1) is 0 Å². The van der Waals surface area contributed by atoms with Gasteiger partial charge in [-0.05, 0) is 32.0 Å². The minimum absolute atomic E-state index is 0.0679. The van der Waals surface area contributed by atoms with Crippen molar-refractivity contribution in [2.24, 2.45) is 0 Å². The predicted molar refractivity (Wildman–Crippen MR) is 100.0 cm³/mol.